The Kier molecular flexibility index (Phi) is 6.92. The Hall–Kier alpha value is -2.54. The maximum atomic E-state index is 12.4. The van der Waals surface area contributed by atoms with Crippen molar-refractivity contribution in [1.29, 1.82) is 0 Å². The molecule has 28 heavy (non-hydrogen) atoms. The highest BCUT2D eigenvalue weighted by molar-refractivity contribution is 7.09. The minimum absolute atomic E-state index is 0.0291. The second-order valence-electron chi connectivity index (χ2n) is 6.80. The topological polar surface area (TPSA) is 67.9 Å². The minimum Gasteiger partial charge on any atom is -0.493 e. The number of amides is 2. The van der Waals surface area contributed by atoms with E-state index in [2.05, 4.69) is 11.4 Å². The van der Waals surface area contributed by atoms with Crippen molar-refractivity contribution in [2.45, 2.75) is 19.3 Å². The molecule has 1 fully saturated rings. The lowest BCUT2D eigenvalue weighted by Crippen LogP contribution is -2.34. The Balaban J connectivity index is 1.47. The van der Waals surface area contributed by atoms with E-state index in [0.29, 0.717) is 37.6 Å². The fourth-order valence-electron chi connectivity index (χ4n) is 3.37. The second-order valence-corrected chi connectivity index (χ2v) is 7.83. The molecule has 1 unspecified atom stereocenters. The van der Waals surface area contributed by atoms with Gasteiger partial charge in [0.05, 0.1) is 20.1 Å². The van der Waals surface area contributed by atoms with Gasteiger partial charge in [-0.05, 0) is 42.0 Å². The largest absolute Gasteiger partial charge is 0.493 e. The standard InChI is InChI=1S/C21H26N2O4S/c1-26-18-6-5-15(12-19(18)27-2)8-10-23-14-16(13-20(23)24)21(25)22-9-7-17-4-3-11-28-17/h3-6,11-12,16H,7-10,13-14H2,1-2H3,(H,22,25). The van der Waals surface area contributed by atoms with Crippen LogP contribution < -0.4 is 14.8 Å². The van der Waals surface area contributed by atoms with Crippen LogP contribution in [0, 0.1) is 5.92 Å². The predicted octanol–water partition coefficient (Wildman–Crippen LogP) is 2.52. The molecule has 3 rings (SSSR count). The summed E-state index contributed by atoms with van der Waals surface area (Å²) in [5, 5.41) is 4.99. The second kappa shape index (κ2) is 9.59. The molecule has 0 saturated carbocycles. The van der Waals surface area contributed by atoms with Gasteiger partial charge in [0, 0.05) is 30.9 Å². The van der Waals surface area contributed by atoms with Gasteiger partial charge < -0.3 is 19.7 Å². The third-order valence-electron chi connectivity index (χ3n) is 4.95. The van der Waals surface area contributed by atoms with Crippen molar-refractivity contribution in [2.75, 3.05) is 33.9 Å². The van der Waals surface area contributed by atoms with Crippen LogP contribution in [0.25, 0.3) is 0 Å². The number of ether oxygens (including phenoxy) is 2. The van der Waals surface area contributed by atoms with E-state index < -0.39 is 0 Å². The highest BCUT2D eigenvalue weighted by atomic mass is 32.1. The van der Waals surface area contributed by atoms with Gasteiger partial charge in [0.2, 0.25) is 11.8 Å². The number of hydrogen-bond acceptors (Lipinski definition) is 5. The SMILES string of the molecule is COc1ccc(CCN2CC(C(=O)NCCc3cccs3)CC2=O)cc1OC. The van der Waals surface area contributed by atoms with Crippen molar-refractivity contribution in [2.24, 2.45) is 5.92 Å². The van der Waals surface area contributed by atoms with Crippen LogP contribution in [0.2, 0.25) is 0 Å². The first-order chi connectivity index (χ1) is 13.6. The van der Waals surface area contributed by atoms with E-state index in [4.69, 9.17) is 9.47 Å². The van der Waals surface area contributed by atoms with E-state index in [9.17, 15) is 9.59 Å². The highest BCUT2D eigenvalue weighted by Crippen LogP contribution is 2.28. The summed E-state index contributed by atoms with van der Waals surface area (Å²) in [5.74, 6) is 1.11. The zero-order valence-corrected chi connectivity index (χ0v) is 17.1. The van der Waals surface area contributed by atoms with Crippen molar-refractivity contribution < 1.29 is 19.1 Å². The van der Waals surface area contributed by atoms with Crippen LogP contribution in [-0.4, -0.2) is 50.6 Å². The van der Waals surface area contributed by atoms with E-state index in [-0.39, 0.29) is 24.2 Å². The van der Waals surface area contributed by atoms with Crippen LogP contribution in [0.5, 0.6) is 11.5 Å². The van der Waals surface area contributed by atoms with Gasteiger partial charge in [-0.15, -0.1) is 11.3 Å². The van der Waals surface area contributed by atoms with Crippen LogP contribution in [0.3, 0.4) is 0 Å². The summed E-state index contributed by atoms with van der Waals surface area (Å²) in [4.78, 5) is 27.7. The molecule has 1 atom stereocenters. The Bertz CT molecular complexity index is 807. The fraction of sp³-hybridized carbons (Fsp3) is 0.429. The normalized spacial score (nSPS) is 16.3. The number of likely N-dealkylation sites (tertiary alicyclic amines) is 1. The summed E-state index contributed by atoms with van der Waals surface area (Å²) in [6, 6.07) is 9.83. The molecule has 2 aromatic rings. The molecule has 1 aromatic heterocycles. The summed E-state index contributed by atoms with van der Waals surface area (Å²) in [7, 11) is 3.21. The third kappa shape index (κ3) is 5.04. The number of nitrogens with one attached hydrogen (secondary N) is 1. The molecule has 1 aliphatic rings. The van der Waals surface area contributed by atoms with E-state index in [1.807, 2.05) is 29.6 Å². The van der Waals surface area contributed by atoms with Crippen LogP contribution in [0.4, 0.5) is 0 Å². The zero-order valence-electron chi connectivity index (χ0n) is 16.3. The average Bonchev–Trinajstić information content (AvgIpc) is 3.35. The molecule has 0 radical (unpaired) electrons. The molecule has 150 valence electrons. The van der Waals surface area contributed by atoms with Crippen LogP contribution >= 0.6 is 11.3 Å². The van der Waals surface area contributed by atoms with Crippen molar-refractivity contribution in [1.82, 2.24) is 10.2 Å². The summed E-state index contributed by atoms with van der Waals surface area (Å²) in [5.41, 5.74) is 1.06. The van der Waals surface area contributed by atoms with E-state index in [1.54, 1.807) is 30.5 Å². The first-order valence-corrected chi connectivity index (χ1v) is 10.3. The number of carbonyl (C=O) groups is 2. The molecule has 1 aromatic carbocycles. The van der Waals surface area contributed by atoms with Crippen molar-refractivity contribution in [3.05, 3.63) is 46.2 Å². The lowest BCUT2D eigenvalue weighted by Gasteiger charge is -2.17. The fourth-order valence-corrected chi connectivity index (χ4v) is 4.08. The average molecular weight is 403 g/mol. The summed E-state index contributed by atoms with van der Waals surface area (Å²) in [6.07, 6.45) is 1.82. The Morgan fingerprint density at radius 3 is 2.75 bits per heavy atom. The van der Waals surface area contributed by atoms with E-state index in [1.165, 1.54) is 4.88 Å². The number of hydrogen-bond donors (Lipinski definition) is 1. The van der Waals surface area contributed by atoms with Gasteiger partial charge in [0.25, 0.3) is 0 Å². The van der Waals surface area contributed by atoms with Gasteiger partial charge in [-0.3, -0.25) is 9.59 Å². The number of rotatable bonds is 9. The molecule has 7 heteroatoms. The quantitative estimate of drug-likeness (QED) is 0.700. The number of nitrogens with zero attached hydrogens (tertiary/aromatic N) is 1. The number of methoxy groups -OCH3 is 2. The molecule has 2 heterocycles. The van der Waals surface area contributed by atoms with Gasteiger partial charge in [-0.2, -0.15) is 0 Å². The molecule has 1 saturated heterocycles. The molecular weight excluding hydrogens is 376 g/mol. The molecule has 1 aliphatic heterocycles. The van der Waals surface area contributed by atoms with Crippen molar-refractivity contribution >= 4 is 23.2 Å². The van der Waals surface area contributed by atoms with Gasteiger partial charge in [0.1, 0.15) is 0 Å². The van der Waals surface area contributed by atoms with Gasteiger partial charge in [-0.1, -0.05) is 12.1 Å². The van der Waals surface area contributed by atoms with Crippen molar-refractivity contribution in [3.63, 3.8) is 0 Å². The predicted molar refractivity (Wildman–Crippen MR) is 109 cm³/mol. The lowest BCUT2D eigenvalue weighted by atomic mass is 10.1. The van der Waals surface area contributed by atoms with Crippen molar-refractivity contribution in [3.8, 4) is 11.5 Å². The number of carbonyl (C=O) groups excluding carboxylic acids is 2. The molecular formula is C21H26N2O4S. The Morgan fingerprint density at radius 1 is 1.21 bits per heavy atom. The maximum Gasteiger partial charge on any atom is 0.225 e. The van der Waals surface area contributed by atoms with Crippen LogP contribution in [-0.2, 0) is 22.4 Å². The molecule has 6 nitrogen and oxygen atoms in total. The summed E-state index contributed by atoms with van der Waals surface area (Å²) in [6.45, 7) is 1.68. The van der Waals surface area contributed by atoms with Crippen LogP contribution in [0.15, 0.2) is 35.7 Å². The smallest absolute Gasteiger partial charge is 0.225 e. The monoisotopic (exact) mass is 402 g/mol. The maximum absolute atomic E-state index is 12.4. The van der Waals surface area contributed by atoms with Crippen LogP contribution in [0.1, 0.15) is 16.9 Å². The first-order valence-electron chi connectivity index (χ1n) is 9.39. The molecule has 2 amide bonds. The Morgan fingerprint density at radius 2 is 2.04 bits per heavy atom. The van der Waals surface area contributed by atoms with Gasteiger partial charge in [-0.25, -0.2) is 0 Å². The first kappa shape index (κ1) is 20.2. The molecule has 0 aliphatic carbocycles. The molecule has 0 spiro atoms. The third-order valence-corrected chi connectivity index (χ3v) is 5.89. The van der Waals surface area contributed by atoms with E-state index in [0.717, 1.165) is 12.0 Å². The van der Waals surface area contributed by atoms with Gasteiger partial charge >= 0.3 is 0 Å². The zero-order chi connectivity index (χ0) is 19.9. The molecule has 1 N–H and O–H groups in total. The number of thiophene rings is 1. The number of benzene rings is 1. The van der Waals surface area contributed by atoms with E-state index >= 15 is 0 Å². The minimum atomic E-state index is -0.263. The van der Waals surface area contributed by atoms with Gasteiger partial charge in [0.15, 0.2) is 11.5 Å². The summed E-state index contributed by atoms with van der Waals surface area (Å²) >= 11 is 1.69. The highest BCUT2D eigenvalue weighted by Gasteiger charge is 2.33. The lowest BCUT2D eigenvalue weighted by molar-refractivity contribution is -0.129. The summed E-state index contributed by atoms with van der Waals surface area (Å²) < 4.78 is 10.6. The molecule has 0 bridgehead atoms. The Labute approximate surface area is 169 Å².